The summed E-state index contributed by atoms with van der Waals surface area (Å²) in [6.45, 7) is 7.11. The van der Waals surface area contributed by atoms with Crippen molar-refractivity contribution in [1.29, 1.82) is 0 Å². The topological polar surface area (TPSA) is 0 Å². The van der Waals surface area contributed by atoms with Gasteiger partial charge in [-0.05, 0) is 67.1 Å². The van der Waals surface area contributed by atoms with Gasteiger partial charge in [-0.15, -0.1) is 0 Å². The molecular weight excluding hydrogens is 264 g/mol. The minimum absolute atomic E-state index is 0.499. The van der Waals surface area contributed by atoms with Crippen LogP contribution in [0.2, 0.25) is 0 Å². The first-order chi connectivity index (χ1) is 10.7. The van der Waals surface area contributed by atoms with Gasteiger partial charge >= 0.3 is 0 Å². The highest BCUT2D eigenvalue weighted by Crippen LogP contribution is 2.55. The predicted molar refractivity (Wildman–Crippen MR) is 96.8 cm³/mol. The van der Waals surface area contributed by atoms with E-state index in [1.54, 1.807) is 11.1 Å². The highest BCUT2D eigenvalue weighted by Gasteiger charge is 2.43. The Morgan fingerprint density at radius 3 is 2.86 bits per heavy atom. The zero-order valence-corrected chi connectivity index (χ0v) is 14.8. The maximum absolute atomic E-state index is 2.51. The van der Waals surface area contributed by atoms with E-state index in [2.05, 4.69) is 45.1 Å². The predicted octanol–water partition coefficient (Wildman–Crippen LogP) is 6.91. The van der Waals surface area contributed by atoms with Crippen LogP contribution in [0.4, 0.5) is 0 Å². The molecule has 0 N–H and O–H groups in total. The SMILES string of the molecule is CCCC1(C2=C3C=C(C)/C(=C/C=C\C3)C2)CCCCC1CC. The zero-order valence-electron chi connectivity index (χ0n) is 14.8. The second-order valence-electron chi connectivity index (χ2n) is 7.59. The van der Waals surface area contributed by atoms with Crippen molar-refractivity contribution in [3.05, 3.63) is 46.6 Å². The minimum Gasteiger partial charge on any atom is -0.0801 e. The first kappa shape index (κ1) is 15.8. The van der Waals surface area contributed by atoms with Gasteiger partial charge in [-0.2, -0.15) is 0 Å². The van der Waals surface area contributed by atoms with E-state index >= 15 is 0 Å². The second kappa shape index (κ2) is 6.60. The molecule has 0 amide bonds. The molecule has 0 heterocycles. The molecule has 0 aliphatic heterocycles. The summed E-state index contributed by atoms with van der Waals surface area (Å²) in [5, 5.41) is 0. The fraction of sp³-hybridized carbons (Fsp3) is 0.636. The lowest BCUT2D eigenvalue weighted by molar-refractivity contribution is 0.114. The van der Waals surface area contributed by atoms with Gasteiger partial charge in [-0.3, -0.25) is 0 Å². The maximum Gasteiger partial charge on any atom is -0.00508 e. The standard InChI is InChI=1S/C22H32/c1-4-13-22(14-9-8-12-20(22)5-2)21-16-18-10-6-7-11-19(21)15-17(18)3/h6-7,10,15,20H,4-5,8-9,11-14,16H2,1-3H3/b7-6-,18-10+. The first-order valence-corrected chi connectivity index (χ1v) is 9.48. The zero-order chi connectivity index (χ0) is 15.6. The van der Waals surface area contributed by atoms with Crippen molar-refractivity contribution in [1.82, 2.24) is 0 Å². The third-order valence-electron chi connectivity index (χ3n) is 6.42. The monoisotopic (exact) mass is 296 g/mol. The maximum atomic E-state index is 2.51. The molecule has 120 valence electrons. The molecule has 2 unspecified atom stereocenters. The molecule has 0 radical (unpaired) electrons. The summed E-state index contributed by atoms with van der Waals surface area (Å²) in [6.07, 6.45) is 21.7. The van der Waals surface area contributed by atoms with Crippen LogP contribution in [-0.4, -0.2) is 0 Å². The average Bonchev–Trinajstić information content (AvgIpc) is 2.49. The molecule has 0 aromatic rings. The lowest BCUT2D eigenvalue weighted by Gasteiger charge is -2.48. The molecule has 4 rings (SSSR count). The third kappa shape index (κ3) is 2.66. The van der Waals surface area contributed by atoms with Crippen molar-refractivity contribution >= 4 is 0 Å². The van der Waals surface area contributed by atoms with E-state index in [0.717, 1.165) is 12.3 Å². The van der Waals surface area contributed by atoms with Gasteiger partial charge < -0.3 is 0 Å². The fourth-order valence-corrected chi connectivity index (χ4v) is 5.36. The number of fused-ring (bicyclic) bond motifs is 3. The van der Waals surface area contributed by atoms with Crippen LogP contribution in [0.3, 0.4) is 0 Å². The molecule has 0 aromatic carbocycles. The van der Waals surface area contributed by atoms with Gasteiger partial charge in [0.05, 0.1) is 0 Å². The van der Waals surface area contributed by atoms with Crippen LogP contribution in [0.1, 0.15) is 78.6 Å². The van der Waals surface area contributed by atoms with Crippen LogP contribution in [0.15, 0.2) is 46.6 Å². The number of hydrogen-bond acceptors (Lipinski definition) is 0. The molecule has 1 fully saturated rings. The Morgan fingerprint density at radius 2 is 2.09 bits per heavy atom. The molecule has 0 saturated heterocycles. The summed E-state index contributed by atoms with van der Waals surface area (Å²) in [4.78, 5) is 0. The Hall–Kier alpha value is -1.04. The van der Waals surface area contributed by atoms with Crippen LogP contribution < -0.4 is 0 Å². The Bertz CT molecular complexity index is 536. The smallest absolute Gasteiger partial charge is 0.00508 e. The molecule has 4 aliphatic carbocycles. The van der Waals surface area contributed by atoms with E-state index in [0.29, 0.717) is 5.41 Å². The van der Waals surface area contributed by atoms with Crippen LogP contribution in [0, 0.1) is 11.3 Å². The summed E-state index contributed by atoms with van der Waals surface area (Å²) in [5.41, 5.74) is 7.03. The lowest BCUT2D eigenvalue weighted by Crippen LogP contribution is -2.37. The summed E-state index contributed by atoms with van der Waals surface area (Å²) in [6, 6.07) is 0. The number of hydrogen-bond donors (Lipinski definition) is 0. The van der Waals surface area contributed by atoms with Gasteiger partial charge in [-0.1, -0.05) is 69.4 Å². The summed E-state index contributed by atoms with van der Waals surface area (Å²) >= 11 is 0. The molecule has 0 nitrogen and oxygen atoms in total. The highest BCUT2D eigenvalue weighted by atomic mass is 14.5. The van der Waals surface area contributed by atoms with Crippen LogP contribution in [-0.2, 0) is 0 Å². The Kier molecular flexibility index (Phi) is 4.76. The molecule has 0 spiro atoms. The molecule has 0 aromatic heterocycles. The highest BCUT2D eigenvalue weighted by molar-refractivity contribution is 5.51. The molecular formula is C22H32. The van der Waals surface area contributed by atoms with Crippen LogP contribution in [0.25, 0.3) is 0 Å². The Balaban J connectivity index is 2.10. The van der Waals surface area contributed by atoms with Crippen molar-refractivity contribution in [3.63, 3.8) is 0 Å². The molecule has 4 aliphatic rings. The van der Waals surface area contributed by atoms with Gasteiger partial charge in [-0.25, -0.2) is 0 Å². The van der Waals surface area contributed by atoms with Crippen molar-refractivity contribution in [2.45, 2.75) is 78.6 Å². The fourth-order valence-electron chi connectivity index (χ4n) is 5.36. The molecule has 1 saturated carbocycles. The summed E-state index contributed by atoms with van der Waals surface area (Å²) in [5.74, 6) is 0.905. The Morgan fingerprint density at radius 1 is 1.23 bits per heavy atom. The summed E-state index contributed by atoms with van der Waals surface area (Å²) in [7, 11) is 0. The van der Waals surface area contributed by atoms with Gasteiger partial charge in [0.1, 0.15) is 0 Å². The van der Waals surface area contributed by atoms with E-state index in [4.69, 9.17) is 0 Å². The van der Waals surface area contributed by atoms with E-state index in [1.807, 2.05) is 5.57 Å². The molecule has 2 atom stereocenters. The second-order valence-corrected chi connectivity index (χ2v) is 7.59. The quantitative estimate of drug-likeness (QED) is 0.529. The lowest BCUT2D eigenvalue weighted by atomic mass is 9.56. The number of rotatable bonds is 4. The van der Waals surface area contributed by atoms with Gasteiger partial charge in [0.2, 0.25) is 0 Å². The first-order valence-electron chi connectivity index (χ1n) is 9.48. The van der Waals surface area contributed by atoms with E-state index in [1.165, 1.54) is 56.9 Å². The van der Waals surface area contributed by atoms with Crippen LogP contribution >= 0.6 is 0 Å². The normalized spacial score (nSPS) is 35.5. The van der Waals surface area contributed by atoms with Gasteiger partial charge in [0.25, 0.3) is 0 Å². The number of allylic oxidation sites excluding steroid dienone is 8. The van der Waals surface area contributed by atoms with Gasteiger partial charge in [0, 0.05) is 0 Å². The third-order valence-corrected chi connectivity index (χ3v) is 6.42. The van der Waals surface area contributed by atoms with E-state index in [-0.39, 0.29) is 0 Å². The van der Waals surface area contributed by atoms with E-state index in [9.17, 15) is 0 Å². The van der Waals surface area contributed by atoms with Crippen molar-refractivity contribution in [2.75, 3.05) is 0 Å². The average molecular weight is 296 g/mol. The Labute approximate surface area is 137 Å². The van der Waals surface area contributed by atoms with Crippen molar-refractivity contribution in [2.24, 2.45) is 11.3 Å². The largest absolute Gasteiger partial charge is 0.0801 e. The summed E-state index contributed by atoms with van der Waals surface area (Å²) < 4.78 is 0. The molecule has 2 bridgehead atoms. The van der Waals surface area contributed by atoms with Crippen molar-refractivity contribution in [3.8, 4) is 0 Å². The van der Waals surface area contributed by atoms with Crippen LogP contribution in [0.5, 0.6) is 0 Å². The molecule has 22 heavy (non-hydrogen) atoms. The molecule has 0 heteroatoms. The van der Waals surface area contributed by atoms with Crippen molar-refractivity contribution < 1.29 is 0 Å². The van der Waals surface area contributed by atoms with E-state index < -0.39 is 0 Å². The van der Waals surface area contributed by atoms with Gasteiger partial charge in [0.15, 0.2) is 0 Å². The minimum atomic E-state index is 0.499.